The maximum Gasteiger partial charge on any atom is 0.244 e. The van der Waals surface area contributed by atoms with Crippen LogP contribution in [0.25, 0.3) is 11.3 Å². The molecule has 3 N–H and O–H groups in total. The number of hydrogen-bond donors (Lipinski definition) is 2. The number of aromatic nitrogens is 2. The van der Waals surface area contributed by atoms with Crippen molar-refractivity contribution in [1.29, 1.82) is 5.26 Å². The average molecular weight is 434 g/mol. The number of benzene rings is 2. The van der Waals surface area contributed by atoms with Crippen LogP contribution in [0.15, 0.2) is 47.9 Å². The highest BCUT2D eigenvalue weighted by Gasteiger charge is 2.38. The van der Waals surface area contributed by atoms with Crippen molar-refractivity contribution in [3.8, 4) is 46.2 Å². The summed E-state index contributed by atoms with van der Waals surface area (Å²) in [5.41, 5.74) is 8.93. The number of nitrogens with one attached hydrogen (secondary N) is 1. The van der Waals surface area contributed by atoms with Crippen LogP contribution >= 0.6 is 0 Å². The lowest BCUT2D eigenvalue weighted by Gasteiger charge is -2.26. The monoisotopic (exact) mass is 434 g/mol. The highest BCUT2D eigenvalue weighted by atomic mass is 16.5. The zero-order valence-electron chi connectivity index (χ0n) is 18.1. The number of hydrogen-bond acceptors (Lipinski definition) is 8. The molecule has 1 atom stereocenters. The Kier molecular flexibility index (Phi) is 5.52. The lowest BCUT2D eigenvalue weighted by molar-refractivity contribution is 0.348. The van der Waals surface area contributed by atoms with Crippen molar-refractivity contribution in [1.82, 2.24) is 10.2 Å². The Bertz CT molecular complexity index is 1240. The molecule has 0 radical (unpaired) electrons. The van der Waals surface area contributed by atoms with Gasteiger partial charge in [0.15, 0.2) is 11.5 Å². The van der Waals surface area contributed by atoms with E-state index in [1.807, 2.05) is 18.2 Å². The molecule has 1 aromatic heterocycles. The molecule has 0 fully saturated rings. The molecule has 0 spiro atoms. The highest BCUT2D eigenvalue weighted by molar-refractivity contribution is 5.77. The molecule has 0 saturated heterocycles. The summed E-state index contributed by atoms with van der Waals surface area (Å²) >= 11 is 0. The Balaban J connectivity index is 2.02. The highest BCUT2D eigenvalue weighted by Crippen LogP contribution is 2.50. The third-order valence-electron chi connectivity index (χ3n) is 5.36. The minimum absolute atomic E-state index is 0.0227. The first-order valence-corrected chi connectivity index (χ1v) is 9.67. The van der Waals surface area contributed by atoms with E-state index in [1.165, 1.54) is 0 Å². The molecule has 2 aromatic carbocycles. The normalized spacial score (nSPS) is 14.8. The van der Waals surface area contributed by atoms with E-state index in [-0.39, 0.29) is 17.3 Å². The van der Waals surface area contributed by atoms with Crippen molar-refractivity contribution in [3.63, 3.8) is 0 Å². The molecule has 0 saturated carbocycles. The Morgan fingerprint density at radius 1 is 1.03 bits per heavy atom. The van der Waals surface area contributed by atoms with Gasteiger partial charge in [0.1, 0.15) is 23.1 Å². The number of ether oxygens (including phenoxy) is 5. The quantitative estimate of drug-likeness (QED) is 0.605. The standard InChI is InChI=1S/C23H22N4O5/c1-28-12-8-9-16(29-2)14(10-12)20-19-18(13-6-5-7-17(30-3)21(13)31-4)15(11-24)22(25)32-23(19)27-26-20/h5-10,18H,25H2,1-4H3,(H,26,27). The van der Waals surface area contributed by atoms with Gasteiger partial charge in [0.2, 0.25) is 11.8 Å². The van der Waals surface area contributed by atoms with Gasteiger partial charge in [-0.15, -0.1) is 5.10 Å². The van der Waals surface area contributed by atoms with E-state index in [1.54, 1.807) is 46.6 Å². The van der Waals surface area contributed by atoms with Crippen molar-refractivity contribution < 1.29 is 23.7 Å². The molecule has 4 rings (SSSR count). The predicted octanol–water partition coefficient (Wildman–Crippen LogP) is 3.33. The van der Waals surface area contributed by atoms with E-state index in [9.17, 15) is 5.26 Å². The molecular formula is C23H22N4O5. The number of H-pyrrole nitrogens is 1. The summed E-state index contributed by atoms with van der Waals surface area (Å²) in [5.74, 6) is 1.85. The zero-order chi connectivity index (χ0) is 22.8. The van der Waals surface area contributed by atoms with Crippen LogP contribution in [0, 0.1) is 11.3 Å². The first-order chi connectivity index (χ1) is 15.6. The number of allylic oxidation sites excluding steroid dienone is 1. The molecule has 32 heavy (non-hydrogen) atoms. The van der Waals surface area contributed by atoms with Gasteiger partial charge in [0.25, 0.3) is 0 Å². The van der Waals surface area contributed by atoms with Crippen LogP contribution in [-0.2, 0) is 0 Å². The van der Waals surface area contributed by atoms with Crippen molar-refractivity contribution in [2.45, 2.75) is 5.92 Å². The van der Waals surface area contributed by atoms with E-state index in [4.69, 9.17) is 29.4 Å². The van der Waals surface area contributed by atoms with E-state index in [2.05, 4.69) is 16.3 Å². The summed E-state index contributed by atoms with van der Waals surface area (Å²) in [6.07, 6.45) is 0. The van der Waals surface area contributed by atoms with Crippen LogP contribution in [0.2, 0.25) is 0 Å². The van der Waals surface area contributed by atoms with Crippen molar-refractivity contribution in [3.05, 3.63) is 59.0 Å². The Morgan fingerprint density at radius 3 is 2.47 bits per heavy atom. The molecule has 1 aliphatic rings. The summed E-state index contributed by atoms with van der Waals surface area (Å²) < 4.78 is 27.8. The molecule has 164 valence electrons. The first-order valence-electron chi connectivity index (χ1n) is 9.67. The van der Waals surface area contributed by atoms with Crippen LogP contribution in [-0.4, -0.2) is 38.6 Å². The zero-order valence-corrected chi connectivity index (χ0v) is 18.1. The number of nitrogens with two attached hydrogens (primary N) is 1. The van der Waals surface area contributed by atoms with E-state index < -0.39 is 5.92 Å². The third kappa shape index (κ3) is 3.22. The maximum absolute atomic E-state index is 9.98. The molecule has 1 unspecified atom stereocenters. The lowest BCUT2D eigenvalue weighted by Crippen LogP contribution is -2.21. The number of methoxy groups -OCH3 is 4. The van der Waals surface area contributed by atoms with Gasteiger partial charge in [-0.2, -0.15) is 5.26 Å². The van der Waals surface area contributed by atoms with E-state index in [0.29, 0.717) is 45.4 Å². The summed E-state index contributed by atoms with van der Waals surface area (Å²) in [6, 6.07) is 13.1. The van der Waals surface area contributed by atoms with Gasteiger partial charge in [0.05, 0.1) is 45.6 Å². The van der Waals surface area contributed by atoms with Gasteiger partial charge in [0, 0.05) is 11.1 Å². The molecule has 2 heterocycles. The van der Waals surface area contributed by atoms with Crippen LogP contribution in [0.3, 0.4) is 0 Å². The van der Waals surface area contributed by atoms with Crippen LogP contribution in [0.4, 0.5) is 0 Å². The molecule has 0 amide bonds. The van der Waals surface area contributed by atoms with E-state index >= 15 is 0 Å². The van der Waals surface area contributed by atoms with Crippen LogP contribution in [0.1, 0.15) is 17.0 Å². The Labute approximate surface area is 184 Å². The summed E-state index contributed by atoms with van der Waals surface area (Å²) in [7, 11) is 6.25. The van der Waals surface area contributed by atoms with Crippen molar-refractivity contribution >= 4 is 0 Å². The smallest absolute Gasteiger partial charge is 0.244 e. The van der Waals surface area contributed by atoms with Crippen molar-refractivity contribution in [2.24, 2.45) is 5.73 Å². The van der Waals surface area contributed by atoms with Crippen LogP contribution in [0.5, 0.6) is 28.9 Å². The fourth-order valence-electron chi connectivity index (χ4n) is 3.91. The second kappa shape index (κ2) is 8.43. The molecule has 0 bridgehead atoms. The van der Waals surface area contributed by atoms with Gasteiger partial charge < -0.3 is 29.4 Å². The van der Waals surface area contributed by atoms with Crippen LogP contribution < -0.4 is 29.4 Å². The van der Waals surface area contributed by atoms with Gasteiger partial charge >= 0.3 is 0 Å². The van der Waals surface area contributed by atoms with Gasteiger partial charge in [-0.25, -0.2) is 0 Å². The summed E-state index contributed by atoms with van der Waals surface area (Å²) in [4.78, 5) is 0. The van der Waals surface area contributed by atoms with Gasteiger partial charge in [-0.3, -0.25) is 5.10 Å². The largest absolute Gasteiger partial charge is 0.497 e. The molecule has 9 heteroatoms. The topological polar surface area (TPSA) is 125 Å². The lowest BCUT2D eigenvalue weighted by atomic mass is 9.82. The minimum Gasteiger partial charge on any atom is -0.497 e. The summed E-state index contributed by atoms with van der Waals surface area (Å²) in [5, 5.41) is 17.3. The minimum atomic E-state index is -0.626. The van der Waals surface area contributed by atoms with E-state index in [0.717, 1.165) is 0 Å². The second-order valence-corrected chi connectivity index (χ2v) is 6.89. The molecule has 3 aromatic rings. The molecule has 0 aliphatic carbocycles. The number of aromatic amines is 1. The predicted molar refractivity (Wildman–Crippen MR) is 116 cm³/mol. The first kappa shape index (κ1) is 20.9. The van der Waals surface area contributed by atoms with Gasteiger partial charge in [-0.05, 0) is 24.3 Å². The third-order valence-corrected chi connectivity index (χ3v) is 5.36. The SMILES string of the molecule is COc1ccc(OC)c(-c2[nH]nc3c2C(c2cccc(OC)c2OC)C(C#N)=C(N)O3)c1. The number of para-hydroxylation sites is 1. The number of rotatable bonds is 6. The number of fused-ring (bicyclic) bond motifs is 1. The molecule has 1 aliphatic heterocycles. The Hall–Kier alpha value is -4.32. The summed E-state index contributed by atoms with van der Waals surface area (Å²) in [6.45, 7) is 0. The average Bonchev–Trinajstić information content (AvgIpc) is 3.25. The Morgan fingerprint density at radius 2 is 1.81 bits per heavy atom. The molecule has 9 nitrogen and oxygen atoms in total. The van der Waals surface area contributed by atoms with Gasteiger partial charge in [-0.1, -0.05) is 12.1 Å². The molecular weight excluding hydrogens is 412 g/mol. The number of nitriles is 1. The maximum atomic E-state index is 9.98. The van der Waals surface area contributed by atoms with Crippen molar-refractivity contribution in [2.75, 3.05) is 28.4 Å². The fraction of sp³-hybridized carbons (Fsp3) is 0.217. The second-order valence-electron chi connectivity index (χ2n) is 6.89. The fourth-order valence-corrected chi connectivity index (χ4v) is 3.91. The number of nitrogens with zero attached hydrogens (tertiary/aromatic N) is 2.